The van der Waals surface area contributed by atoms with Crippen molar-refractivity contribution in [3.05, 3.63) is 39.9 Å². The molecule has 3 aromatic rings. The summed E-state index contributed by atoms with van der Waals surface area (Å²) in [6, 6.07) is 6.15. The van der Waals surface area contributed by atoms with Crippen molar-refractivity contribution in [3.63, 3.8) is 0 Å². The topological polar surface area (TPSA) is 89.3 Å². The molecule has 4 heterocycles. The van der Waals surface area contributed by atoms with Crippen molar-refractivity contribution in [2.24, 2.45) is 11.7 Å². The molecule has 2 atom stereocenters. The van der Waals surface area contributed by atoms with Crippen LogP contribution in [-0.4, -0.2) is 49.2 Å². The molecule has 7 heteroatoms. The number of hydrogen-bond donors (Lipinski definition) is 2. The Bertz CT molecular complexity index is 1510. The zero-order valence-electron chi connectivity index (χ0n) is 21.0. The van der Waals surface area contributed by atoms with E-state index in [0.29, 0.717) is 25.1 Å². The molecule has 2 unspecified atom stereocenters. The fraction of sp³-hybridized carbons (Fsp3) is 0.517. The van der Waals surface area contributed by atoms with Gasteiger partial charge in [0.2, 0.25) is 0 Å². The van der Waals surface area contributed by atoms with Crippen molar-refractivity contribution < 1.29 is 9.90 Å². The van der Waals surface area contributed by atoms with Crippen LogP contribution in [0.3, 0.4) is 0 Å². The van der Waals surface area contributed by atoms with Gasteiger partial charge in [-0.15, -0.1) is 0 Å². The van der Waals surface area contributed by atoms with Gasteiger partial charge in [-0.2, -0.15) is 0 Å². The number of rotatable bonds is 4. The van der Waals surface area contributed by atoms with Gasteiger partial charge in [-0.05, 0) is 81.2 Å². The van der Waals surface area contributed by atoms with Crippen LogP contribution in [0.5, 0.6) is 0 Å². The number of fused-ring (bicyclic) bond motifs is 1. The molecule has 2 aliphatic carbocycles. The van der Waals surface area contributed by atoms with Crippen LogP contribution in [0.1, 0.15) is 67.8 Å². The van der Waals surface area contributed by atoms with Crippen LogP contribution in [0.15, 0.2) is 18.2 Å². The van der Waals surface area contributed by atoms with Crippen molar-refractivity contribution >= 4 is 29.1 Å². The highest BCUT2D eigenvalue weighted by atomic mass is 16.3. The molecular weight excluding hydrogens is 450 g/mol. The number of nitrogens with two attached hydrogens (primary N) is 1. The number of carbonyl (C=O) groups excluding carboxylic acids is 1. The Balaban J connectivity index is 1.41. The number of piperidine rings is 1. The summed E-state index contributed by atoms with van der Waals surface area (Å²) >= 11 is 0. The normalized spacial score (nSPS) is 25.4. The molecule has 2 fully saturated rings. The van der Waals surface area contributed by atoms with Crippen molar-refractivity contribution in [3.8, 4) is 11.5 Å². The number of aromatic nitrogens is 3. The largest absolute Gasteiger partial charge is 0.385 e. The maximum atomic E-state index is 13.5. The highest BCUT2D eigenvalue weighted by molar-refractivity contribution is 5.99. The monoisotopic (exact) mass is 485 g/mol. The molecule has 1 saturated heterocycles. The summed E-state index contributed by atoms with van der Waals surface area (Å²) in [6.07, 6.45) is 11.9. The summed E-state index contributed by atoms with van der Waals surface area (Å²) < 4.78 is 4.75. The van der Waals surface area contributed by atoms with Gasteiger partial charge in [0.1, 0.15) is 0 Å². The predicted molar refractivity (Wildman–Crippen MR) is 141 cm³/mol. The first-order valence-electron chi connectivity index (χ1n) is 13.6. The van der Waals surface area contributed by atoms with E-state index in [9.17, 15) is 9.90 Å². The first kappa shape index (κ1) is 22.3. The maximum absolute atomic E-state index is 13.5. The van der Waals surface area contributed by atoms with E-state index in [1.165, 1.54) is 23.4 Å². The molecule has 4 aliphatic rings. The van der Waals surface area contributed by atoms with E-state index in [1.807, 2.05) is 24.0 Å². The molecule has 3 N–H and O–H groups in total. The van der Waals surface area contributed by atoms with Crippen LogP contribution in [-0.2, 0) is 18.7 Å². The predicted octanol–water partition coefficient (Wildman–Crippen LogP) is 2.44. The number of nitrogens with zero attached hydrogens (tertiary/aromatic N) is 4. The number of imidazole rings is 1. The van der Waals surface area contributed by atoms with Crippen molar-refractivity contribution in [2.45, 2.75) is 76.6 Å². The Morgan fingerprint density at radius 3 is 2.81 bits per heavy atom. The Labute approximate surface area is 210 Å². The molecule has 1 aromatic carbocycles. The Hall–Kier alpha value is -2.90. The van der Waals surface area contributed by atoms with Crippen molar-refractivity contribution in [1.29, 1.82) is 0 Å². The second-order valence-electron chi connectivity index (χ2n) is 11.6. The molecule has 188 valence electrons. The molecule has 0 bridgehead atoms. The van der Waals surface area contributed by atoms with Gasteiger partial charge in [0.15, 0.2) is 5.82 Å². The lowest BCUT2D eigenvalue weighted by Crippen LogP contribution is -2.45. The minimum Gasteiger partial charge on any atom is -0.385 e. The summed E-state index contributed by atoms with van der Waals surface area (Å²) in [5.41, 5.74) is 9.46. The third kappa shape index (κ3) is 3.55. The maximum Gasteiger partial charge on any atom is 0.253 e. The van der Waals surface area contributed by atoms with E-state index in [2.05, 4.69) is 27.4 Å². The van der Waals surface area contributed by atoms with E-state index in [4.69, 9.17) is 10.7 Å². The van der Waals surface area contributed by atoms with Gasteiger partial charge < -0.3 is 24.9 Å². The van der Waals surface area contributed by atoms with Crippen LogP contribution in [0.2, 0.25) is 0 Å². The smallest absolute Gasteiger partial charge is 0.253 e. The standard InChI is InChI=1S/C29H35N5O2/c1-29(36)10-12-33-26-22(29)13-20(28(35)32-11-4-6-21(30)17-32)14-23(26)31-27(33)25-15-19-5-2-3-7-24(19)34(25)16-18-8-9-18/h5,7,13-15,18,21,36H,2-4,6,8-12,16-17,30H2,1H3. The number of likely N-dealkylation sites (tertiary alicyclic amines) is 1. The minimum atomic E-state index is -1.00. The van der Waals surface area contributed by atoms with E-state index < -0.39 is 5.60 Å². The Morgan fingerprint density at radius 2 is 2.00 bits per heavy atom. The number of aryl methyl sites for hydroxylation is 1. The molecule has 0 radical (unpaired) electrons. The van der Waals surface area contributed by atoms with Gasteiger partial charge in [0.25, 0.3) is 5.91 Å². The highest BCUT2D eigenvalue weighted by Crippen LogP contribution is 2.40. The van der Waals surface area contributed by atoms with Gasteiger partial charge in [-0.3, -0.25) is 4.79 Å². The number of benzene rings is 1. The summed E-state index contributed by atoms with van der Waals surface area (Å²) in [5.74, 6) is 1.68. The average molecular weight is 486 g/mol. The molecule has 2 aromatic heterocycles. The van der Waals surface area contributed by atoms with E-state index >= 15 is 0 Å². The second kappa shape index (κ2) is 8.05. The lowest BCUT2D eigenvalue weighted by Gasteiger charge is -2.33. The van der Waals surface area contributed by atoms with Crippen LogP contribution in [0, 0.1) is 5.92 Å². The van der Waals surface area contributed by atoms with Gasteiger partial charge >= 0.3 is 0 Å². The second-order valence-corrected chi connectivity index (χ2v) is 11.6. The van der Waals surface area contributed by atoms with E-state index in [0.717, 1.165) is 72.8 Å². The first-order valence-corrected chi connectivity index (χ1v) is 13.6. The Kier molecular flexibility index (Phi) is 4.99. The third-order valence-electron chi connectivity index (χ3n) is 8.64. The van der Waals surface area contributed by atoms with Crippen molar-refractivity contribution in [1.82, 2.24) is 19.0 Å². The van der Waals surface area contributed by atoms with Crippen LogP contribution in [0.25, 0.3) is 34.7 Å². The SMILES string of the molecule is CC1(O)CCn2c(-c3cc4c(n3CC3CC3)=CCCC=4)nc3cc(C(=O)N4CCCC(N)C4)cc1c32. The molecule has 1 amide bonds. The van der Waals surface area contributed by atoms with Gasteiger partial charge in [0.05, 0.1) is 22.3 Å². The molecule has 0 spiro atoms. The summed E-state index contributed by atoms with van der Waals surface area (Å²) in [7, 11) is 0. The molecule has 2 aliphatic heterocycles. The minimum absolute atomic E-state index is 0.0162. The van der Waals surface area contributed by atoms with Gasteiger partial charge in [-0.25, -0.2) is 4.98 Å². The molecular formula is C29H35N5O2. The zero-order valence-corrected chi connectivity index (χ0v) is 21.0. The lowest BCUT2D eigenvalue weighted by molar-refractivity contribution is 0.0398. The van der Waals surface area contributed by atoms with Crippen LogP contribution in [0.4, 0.5) is 0 Å². The summed E-state index contributed by atoms with van der Waals surface area (Å²) in [6.45, 7) is 4.90. The number of hydrogen-bond acceptors (Lipinski definition) is 4. The van der Waals surface area contributed by atoms with E-state index in [1.54, 1.807) is 0 Å². The van der Waals surface area contributed by atoms with E-state index in [-0.39, 0.29) is 11.9 Å². The first-order chi connectivity index (χ1) is 17.4. The molecule has 36 heavy (non-hydrogen) atoms. The van der Waals surface area contributed by atoms with Crippen LogP contribution < -0.4 is 16.3 Å². The van der Waals surface area contributed by atoms with Crippen molar-refractivity contribution in [2.75, 3.05) is 13.1 Å². The van der Waals surface area contributed by atoms with Gasteiger partial charge in [0, 0.05) is 48.7 Å². The van der Waals surface area contributed by atoms with Crippen LogP contribution >= 0.6 is 0 Å². The Morgan fingerprint density at radius 1 is 1.17 bits per heavy atom. The van der Waals surface area contributed by atoms with Gasteiger partial charge in [-0.1, -0.05) is 12.2 Å². The third-order valence-corrected chi connectivity index (χ3v) is 8.64. The summed E-state index contributed by atoms with van der Waals surface area (Å²) in [5, 5.41) is 14.0. The lowest BCUT2D eigenvalue weighted by atomic mass is 9.87. The number of aliphatic hydroxyl groups is 1. The summed E-state index contributed by atoms with van der Waals surface area (Å²) in [4.78, 5) is 20.5. The average Bonchev–Trinajstić information content (AvgIpc) is 3.51. The number of carbonyl (C=O) groups is 1. The highest BCUT2D eigenvalue weighted by Gasteiger charge is 2.35. The quantitative estimate of drug-likeness (QED) is 0.594. The number of amides is 1. The fourth-order valence-electron chi connectivity index (χ4n) is 6.43. The molecule has 1 saturated carbocycles. The zero-order chi connectivity index (χ0) is 24.6. The molecule has 7 rings (SSSR count). The fourth-order valence-corrected chi connectivity index (χ4v) is 6.43. The molecule has 7 nitrogen and oxygen atoms in total.